The van der Waals surface area contributed by atoms with Gasteiger partial charge in [0.15, 0.2) is 0 Å². The van der Waals surface area contributed by atoms with Gasteiger partial charge in [-0.2, -0.15) is 0 Å². The quantitative estimate of drug-likeness (QED) is 0.525. The van der Waals surface area contributed by atoms with Gasteiger partial charge in [0.1, 0.15) is 12.4 Å². The predicted octanol–water partition coefficient (Wildman–Crippen LogP) is 5.26. The molecular formula is C25H28N2O2. The minimum Gasteiger partial charge on any atom is -0.489 e. The van der Waals surface area contributed by atoms with E-state index < -0.39 is 0 Å². The molecule has 0 aliphatic heterocycles. The standard InChI is InChI=1S/C25H28N2O2/c1-19(2)16-27-25(28)22-9-6-10-23(15-22)26-17-20-11-13-24(14-12-20)29-18-21-7-4-3-5-8-21/h3-15,19,26H,16-18H2,1-2H3,(H,27,28). The van der Waals surface area contributed by atoms with E-state index in [1.165, 1.54) is 0 Å². The van der Waals surface area contributed by atoms with Crippen molar-refractivity contribution in [3.05, 3.63) is 95.6 Å². The summed E-state index contributed by atoms with van der Waals surface area (Å²) < 4.78 is 5.83. The maximum atomic E-state index is 12.2. The number of ether oxygens (including phenoxy) is 1. The van der Waals surface area contributed by atoms with E-state index in [0.717, 1.165) is 22.6 Å². The van der Waals surface area contributed by atoms with Gasteiger partial charge in [0.25, 0.3) is 5.91 Å². The highest BCUT2D eigenvalue weighted by Gasteiger charge is 2.06. The molecule has 0 radical (unpaired) electrons. The van der Waals surface area contributed by atoms with Crippen LogP contribution in [-0.2, 0) is 13.2 Å². The van der Waals surface area contributed by atoms with Crippen molar-refractivity contribution in [1.29, 1.82) is 0 Å². The molecule has 0 heterocycles. The summed E-state index contributed by atoms with van der Waals surface area (Å²) in [5.74, 6) is 1.24. The van der Waals surface area contributed by atoms with Crippen molar-refractivity contribution in [3.8, 4) is 5.75 Å². The topological polar surface area (TPSA) is 50.4 Å². The number of amides is 1. The fraction of sp³-hybridized carbons (Fsp3) is 0.240. The lowest BCUT2D eigenvalue weighted by molar-refractivity contribution is 0.0949. The number of anilines is 1. The molecule has 3 aromatic carbocycles. The number of benzene rings is 3. The van der Waals surface area contributed by atoms with Crippen molar-refractivity contribution in [1.82, 2.24) is 5.32 Å². The van der Waals surface area contributed by atoms with Gasteiger partial charge in [-0.05, 0) is 47.4 Å². The first-order chi connectivity index (χ1) is 14.1. The highest BCUT2D eigenvalue weighted by atomic mass is 16.5. The lowest BCUT2D eigenvalue weighted by atomic mass is 10.1. The summed E-state index contributed by atoms with van der Waals surface area (Å²) in [7, 11) is 0. The van der Waals surface area contributed by atoms with Crippen LogP contribution in [0.2, 0.25) is 0 Å². The molecule has 1 amide bonds. The number of rotatable bonds is 9. The van der Waals surface area contributed by atoms with E-state index in [1.807, 2.05) is 66.7 Å². The Kier molecular flexibility index (Phi) is 7.28. The van der Waals surface area contributed by atoms with E-state index in [2.05, 4.69) is 36.6 Å². The third kappa shape index (κ3) is 6.68. The largest absolute Gasteiger partial charge is 0.489 e. The minimum absolute atomic E-state index is 0.0396. The van der Waals surface area contributed by atoms with Crippen LogP contribution in [0.5, 0.6) is 5.75 Å². The molecule has 0 aliphatic rings. The van der Waals surface area contributed by atoms with Gasteiger partial charge >= 0.3 is 0 Å². The van der Waals surface area contributed by atoms with Crippen molar-refractivity contribution in [2.75, 3.05) is 11.9 Å². The minimum atomic E-state index is -0.0396. The van der Waals surface area contributed by atoms with Gasteiger partial charge in [0.05, 0.1) is 0 Å². The summed E-state index contributed by atoms with van der Waals surface area (Å²) in [6, 6.07) is 25.8. The molecule has 0 aromatic heterocycles. The van der Waals surface area contributed by atoms with Gasteiger partial charge in [-0.3, -0.25) is 4.79 Å². The first-order valence-corrected chi connectivity index (χ1v) is 9.98. The zero-order chi connectivity index (χ0) is 20.5. The second-order valence-electron chi connectivity index (χ2n) is 7.46. The molecule has 0 aliphatic carbocycles. The molecule has 0 fully saturated rings. The highest BCUT2D eigenvalue weighted by Crippen LogP contribution is 2.16. The van der Waals surface area contributed by atoms with Crippen molar-refractivity contribution in [2.45, 2.75) is 27.0 Å². The van der Waals surface area contributed by atoms with Crippen molar-refractivity contribution in [3.63, 3.8) is 0 Å². The van der Waals surface area contributed by atoms with E-state index in [-0.39, 0.29) is 5.91 Å². The van der Waals surface area contributed by atoms with Crippen LogP contribution in [0.1, 0.15) is 35.3 Å². The predicted molar refractivity (Wildman–Crippen MR) is 118 cm³/mol. The molecule has 4 nitrogen and oxygen atoms in total. The molecule has 4 heteroatoms. The van der Waals surface area contributed by atoms with Gasteiger partial charge < -0.3 is 15.4 Å². The van der Waals surface area contributed by atoms with Gasteiger partial charge in [-0.1, -0.05) is 62.4 Å². The third-order valence-electron chi connectivity index (χ3n) is 4.46. The fourth-order valence-corrected chi connectivity index (χ4v) is 2.82. The molecule has 0 saturated carbocycles. The molecule has 3 rings (SSSR count). The molecule has 29 heavy (non-hydrogen) atoms. The number of carbonyl (C=O) groups excluding carboxylic acids is 1. The zero-order valence-electron chi connectivity index (χ0n) is 17.0. The summed E-state index contributed by atoms with van der Waals surface area (Å²) in [4.78, 5) is 12.2. The van der Waals surface area contributed by atoms with Crippen LogP contribution in [-0.4, -0.2) is 12.5 Å². The van der Waals surface area contributed by atoms with Gasteiger partial charge in [0.2, 0.25) is 0 Å². The van der Waals surface area contributed by atoms with Gasteiger partial charge in [-0.25, -0.2) is 0 Å². The normalized spacial score (nSPS) is 10.6. The SMILES string of the molecule is CC(C)CNC(=O)c1cccc(NCc2ccc(OCc3ccccc3)cc2)c1. The first-order valence-electron chi connectivity index (χ1n) is 9.98. The van der Waals surface area contributed by atoms with Crippen LogP contribution in [0.15, 0.2) is 78.9 Å². The fourth-order valence-electron chi connectivity index (χ4n) is 2.82. The second-order valence-corrected chi connectivity index (χ2v) is 7.46. The lowest BCUT2D eigenvalue weighted by Gasteiger charge is -2.11. The maximum Gasteiger partial charge on any atom is 0.251 e. The molecule has 3 aromatic rings. The Morgan fingerprint density at radius 2 is 1.66 bits per heavy atom. The Morgan fingerprint density at radius 3 is 2.38 bits per heavy atom. The number of hydrogen-bond acceptors (Lipinski definition) is 3. The first kappa shape index (κ1) is 20.5. The van der Waals surface area contributed by atoms with Crippen LogP contribution in [0, 0.1) is 5.92 Å². The van der Waals surface area contributed by atoms with E-state index in [1.54, 1.807) is 0 Å². The Morgan fingerprint density at radius 1 is 0.897 bits per heavy atom. The molecule has 0 spiro atoms. The van der Waals surface area contributed by atoms with Crippen LogP contribution in [0.3, 0.4) is 0 Å². The molecular weight excluding hydrogens is 360 g/mol. The average molecular weight is 389 g/mol. The summed E-state index contributed by atoms with van der Waals surface area (Å²) in [6.45, 7) is 6.07. The lowest BCUT2D eigenvalue weighted by Crippen LogP contribution is -2.27. The summed E-state index contributed by atoms with van der Waals surface area (Å²) in [5.41, 5.74) is 3.88. The highest BCUT2D eigenvalue weighted by molar-refractivity contribution is 5.95. The second kappa shape index (κ2) is 10.3. The number of nitrogens with one attached hydrogen (secondary N) is 2. The van der Waals surface area contributed by atoms with E-state index in [4.69, 9.17) is 4.74 Å². The van der Waals surface area contributed by atoms with Crippen LogP contribution < -0.4 is 15.4 Å². The number of carbonyl (C=O) groups is 1. The van der Waals surface area contributed by atoms with E-state index in [9.17, 15) is 4.79 Å². The molecule has 0 saturated heterocycles. The Hall–Kier alpha value is -3.27. The Labute approximate surface area is 172 Å². The maximum absolute atomic E-state index is 12.2. The molecule has 150 valence electrons. The van der Waals surface area contributed by atoms with Crippen LogP contribution >= 0.6 is 0 Å². The monoisotopic (exact) mass is 388 g/mol. The zero-order valence-corrected chi connectivity index (χ0v) is 17.0. The van der Waals surface area contributed by atoms with E-state index in [0.29, 0.717) is 31.2 Å². The average Bonchev–Trinajstić information content (AvgIpc) is 2.76. The Balaban J connectivity index is 1.51. The smallest absolute Gasteiger partial charge is 0.251 e. The summed E-state index contributed by atoms with van der Waals surface area (Å²) in [5, 5.41) is 6.33. The van der Waals surface area contributed by atoms with Crippen molar-refractivity contribution in [2.24, 2.45) is 5.92 Å². The van der Waals surface area contributed by atoms with E-state index >= 15 is 0 Å². The summed E-state index contributed by atoms with van der Waals surface area (Å²) in [6.07, 6.45) is 0. The van der Waals surface area contributed by atoms with Gasteiger partial charge in [-0.15, -0.1) is 0 Å². The Bertz CT molecular complexity index is 906. The van der Waals surface area contributed by atoms with Crippen LogP contribution in [0.4, 0.5) is 5.69 Å². The van der Waals surface area contributed by atoms with Crippen molar-refractivity contribution < 1.29 is 9.53 Å². The van der Waals surface area contributed by atoms with Crippen LogP contribution in [0.25, 0.3) is 0 Å². The molecule has 2 N–H and O–H groups in total. The molecule has 0 bridgehead atoms. The van der Waals surface area contributed by atoms with Gasteiger partial charge in [0, 0.05) is 24.3 Å². The summed E-state index contributed by atoms with van der Waals surface area (Å²) >= 11 is 0. The molecule has 0 atom stereocenters. The number of hydrogen-bond donors (Lipinski definition) is 2. The van der Waals surface area contributed by atoms with Crippen molar-refractivity contribution >= 4 is 11.6 Å². The molecule has 0 unspecified atom stereocenters. The third-order valence-corrected chi connectivity index (χ3v) is 4.46.